The highest BCUT2D eigenvalue weighted by Gasteiger charge is 2.27. The summed E-state index contributed by atoms with van der Waals surface area (Å²) in [6, 6.07) is 15.0. The maximum atomic E-state index is 11.1. The standard InChI is InChI=1S/C21H24ClN.C9H17N.C4H5F3/c1-4-5-6-18-19-13-17(22)11-12-20(19)23-21(18)15(3)16-9-7-14(2)8-10-16;1-5-7-9(4)10-8(3)6-2;1-3(2)4(5,6)7/h7-13,15,23H,4-6H2,1-3H3;7H,5-6H2,1-4H3;1H2,2H3/b;9-7+,10-8?;/t15-;;/m0../s1. The Morgan fingerprint density at radius 2 is 1.65 bits per heavy atom. The molecule has 6 heteroatoms. The van der Waals surface area contributed by atoms with Gasteiger partial charge in [0.1, 0.15) is 0 Å². The maximum Gasteiger partial charge on any atom is 0.411 e. The first-order chi connectivity index (χ1) is 18.7. The van der Waals surface area contributed by atoms with E-state index in [1.165, 1.54) is 51.8 Å². The highest BCUT2D eigenvalue weighted by molar-refractivity contribution is 6.31. The summed E-state index contributed by atoms with van der Waals surface area (Å²) >= 11 is 6.23. The predicted molar refractivity (Wildman–Crippen MR) is 169 cm³/mol. The fourth-order valence-electron chi connectivity index (χ4n) is 3.98. The zero-order valence-electron chi connectivity index (χ0n) is 25.4. The highest BCUT2D eigenvalue weighted by atomic mass is 35.5. The quantitative estimate of drug-likeness (QED) is 0.205. The van der Waals surface area contributed by atoms with Gasteiger partial charge in [0.05, 0.1) is 0 Å². The first-order valence-electron chi connectivity index (χ1n) is 14.0. The molecular weight excluding hydrogens is 529 g/mol. The fraction of sp³-hybridized carbons (Fsp3) is 0.441. The zero-order chi connectivity index (χ0) is 30.5. The van der Waals surface area contributed by atoms with Crippen molar-refractivity contribution in [2.45, 2.75) is 99.6 Å². The number of alkyl halides is 3. The molecule has 0 aliphatic carbocycles. The second-order valence-electron chi connectivity index (χ2n) is 10.2. The summed E-state index contributed by atoms with van der Waals surface area (Å²) in [5, 5.41) is 2.09. The van der Waals surface area contributed by atoms with E-state index in [0.717, 1.165) is 36.9 Å². The molecule has 0 saturated carbocycles. The number of benzene rings is 2. The van der Waals surface area contributed by atoms with Gasteiger partial charge in [0.15, 0.2) is 0 Å². The number of nitrogens with one attached hydrogen (secondary N) is 1. The van der Waals surface area contributed by atoms with E-state index in [-0.39, 0.29) is 0 Å². The molecule has 2 aromatic carbocycles. The van der Waals surface area contributed by atoms with Crippen molar-refractivity contribution in [3.63, 3.8) is 0 Å². The van der Waals surface area contributed by atoms with Crippen LogP contribution < -0.4 is 0 Å². The first-order valence-corrected chi connectivity index (χ1v) is 14.4. The molecular formula is C34H46ClF3N2. The Kier molecular flexibility index (Phi) is 15.1. The minimum atomic E-state index is -4.19. The Hall–Kier alpha value is -2.79. The van der Waals surface area contributed by atoms with Crippen LogP contribution in [0.3, 0.4) is 0 Å². The minimum Gasteiger partial charge on any atom is -0.358 e. The molecule has 3 aromatic rings. The summed E-state index contributed by atoms with van der Waals surface area (Å²) in [5.41, 5.74) is 8.20. The number of halogens is 4. The van der Waals surface area contributed by atoms with Gasteiger partial charge in [0.2, 0.25) is 0 Å². The number of rotatable bonds is 8. The topological polar surface area (TPSA) is 28.1 Å². The molecule has 40 heavy (non-hydrogen) atoms. The van der Waals surface area contributed by atoms with Crippen molar-refractivity contribution in [1.29, 1.82) is 0 Å². The summed E-state index contributed by atoms with van der Waals surface area (Å²) in [4.78, 5) is 8.02. The molecule has 1 N–H and O–H groups in total. The Balaban J connectivity index is 0.000000390. The number of allylic oxidation sites excluding steroid dienone is 3. The van der Waals surface area contributed by atoms with E-state index in [4.69, 9.17) is 11.6 Å². The zero-order valence-corrected chi connectivity index (χ0v) is 26.2. The molecule has 0 spiro atoms. The number of nitrogens with zero attached hydrogens (tertiary/aromatic N) is 1. The third-order valence-electron chi connectivity index (χ3n) is 6.55. The van der Waals surface area contributed by atoms with Crippen molar-refractivity contribution in [3.05, 3.63) is 93.8 Å². The molecule has 0 aliphatic rings. The van der Waals surface area contributed by atoms with Crippen LogP contribution in [0.4, 0.5) is 13.2 Å². The van der Waals surface area contributed by atoms with Crippen LogP contribution in [0.5, 0.6) is 0 Å². The first kappa shape index (κ1) is 35.2. The lowest BCUT2D eigenvalue weighted by Gasteiger charge is -2.14. The molecule has 1 atom stereocenters. The lowest BCUT2D eigenvalue weighted by atomic mass is 9.92. The molecule has 0 fully saturated rings. The van der Waals surface area contributed by atoms with E-state index in [0.29, 0.717) is 5.92 Å². The Labute approximate surface area is 244 Å². The molecule has 220 valence electrons. The Morgan fingerprint density at radius 1 is 1.05 bits per heavy atom. The van der Waals surface area contributed by atoms with E-state index in [1.54, 1.807) is 0 Å². The summed E-state index contributed by atoms with van der Waals surface area (Å²) in [6.07, 6.45) is 3.57. The number of fused-ring (bicyclic) bond motifs is 1. The molecule has 2 nitrogen and oxygen atoms in total. The third kappa shape index (κ3) is 11.8. The molecule has 1 aromatic heterocycles. The van der Waals surface area contributed by atoms with Gasteiger partial charge in [0.25, 0.3) is 0 Å². The summed E-state index contributed by atoms with van der Waals surface area (Å²) in [5.74, 6) is 0.355. The summed E-state index contributed by atoms with van der Waals surface area (Å²) < 4.78 is 33.2. The molecule has 0 aliphatic heterocycles. The number of unbranched alkanes of at least 4 members (excludes halogenated alkanes) is 1. The largest absolute Gasteiger partial charge is 0.411 e. The molecule has 0 radical (unpaired) electrons. The average Bonchev–Trinajstić information content (AvgIpc) is 3.25. The second-order valence-corrected chi connectivity index (χ2v) is 10.6. The van der Waals surface area contributed by atoms with E-state index >= 15 is 0 Å². The van der Waals surface area contributed by atoms with E-state index in [1.807, 2.05) is 13.0 Å². The number of aliphatic imine (C=N–C) groups is 1. The molecule has 3 rings (SSSR count). The van der Waals surface area contributed by atoms with Crippen molar-refractivity contribution in [3.8, 4) is 0 Å². The second kappa shape index (κ2) is 17.1. The molecule has 0 saturated heterocycles. The van der Waals surface area contributed by atoms with Crippen molar-refractivity contribution >= 4 is 28.2 Å². The van der Waals surface area contributed by atoms with Crippen LogP contribution in [0.25, 0.3) is 10.9 Å². The van der Waals surface area contributed by atoms with Crippen molar-refractivity contribution < 1.29 is 13.2 Å². The molecule has 0 amide bonds. The monoisotopic (exact) mass is 574 g/mol. The van der Waals surface area contributed by atoms with Crippen LogP contribution in [0, 0.1) is 6.92 Å². The maximum absolute atomic E-state index is 11.1. The van der Waals surface area contributed by atoms with Crippen molar-refractivity contribution in [2.24, 2.45) is 4.99 Å². The molecule has 0 bridgehead atoms. The normalized spacial score (nSPS) is 12.8. The third-order valence-corrected chi connectivity index (χ3v) is 6.79. The van der Waals surface area contributed by atoms with Crippen LogP contribution in [-0.4, -0.2) is 16.9 Å². The van der Waals surface area contributed by atoms with Crippen LogP contribution in [0.2, 0.25) is 5.02 Å². The lowest BCUT2D eigenvalue weighted by Crippen LogP contribution is -2.06. The minimum absolute atomic E-state index is 0.355. The lowest BCUT2D eigenvalue weighted by molar-refractivity contribution is -0.0909. The Morgan fingerprint density at radius 3 is 2.15 bits per heavy atom. The Bertz CT molecular complexity index is 1260. The number of aryl methyl sites for hydroxylation is 2. The fourth-order valence-corrected chi connectivity index (χ4v) is 4.15. The van der Waals surface area contributed by atoms with Gasteiger partial charge in [-0.25, -0.2) is 0 Å². The van der Waals surface area contributed by atoms with E-state index < -0.39 is 11.7 Å². The van der Waals surface area contributed by atoms with E-state index in [9.17, 15) is 13.2 Å². The van der Waals surface area contributed by atoms with Gasteiger partial charge < -0.3 is 4.98 Å². The van der Waals surface area contributed by atoms with Gasteiger partial charge in [-0.2, -0.15) is 13.2 Å². The number of aromatic amines is 1. The number of aromatic nitrogens is 1. The van der Waals surface area contributed by atoms with E-state index in [2.05, 4.69) is 101 Å². The van der Waals surface area contributed by atoms with Crippen LogP contribution in [0.15, 0.2) is 71.4 Å². The molecule has 0 unspecified atom stereocenters. The highest BCUT2D eigenvalue weighted by Crippen LogP contribution is 2.34. The van der Waals surface area contributed by atoms with Gasteiger partial charge in [-0.15, -0.1) is 0 Å². The van der Waals surface area contributed by atoms with Crippen LogP contribution in [0.1, 0.15) is 102 Å². The van der Waals surface area contributed by atoms with Gasteiger partial charge >= 0.3 is 6.18 Å². The van der Waals surface area contributed by atoms with Crippen LogP contribution in [-0.2, 0) is 6.42 Å². The van der Waals surface area contributed by atoms with Gasteiger partial charge in [0, 0.05) is 44.5 Å². The van der Waals surface area contributed by atoms with Gasteiger partial charge in [-0.05, 0) is 82.7 Å². The predicted octanol–water partition coefficient (Wildman–Crippen LogP) is 11.9. The summed E-state index contributed by atoms with van der Waals surface area (Å²) in [6.45, 7) is 18.6. The SMILES string of the molecule is C=C(C)C(F)(F)F.CC/C=C(\C)N=C(C)CC.CCCCc1c([C@@H](C)c2ccc(C)cc2)[nH]c2ccc(Cl)cc12. The van der Waals surface area contributed by atoms with Gasteiger partial charge in [-0.3, -0.25) is 4.99 Å². The van der Waals surface area contributed by atoms with Gasteiger partial charge in [-0.1, -0.05) is 88.2 Å². The van der Waals surface area contributed by atoms with Crippen molar-refractivity contribution in [1.82, 2.24) is 4.98 Å². The number of hydrogen-bond donors (Lipinski definition) is 1. The van der Waals surface area contributed by atoms with Crippen LogP contribution >= 0.6 is 11.6 Å². The average molecular weight is 575 g/mol. The smallest absolute Gasteiger partial charge is 0.358 e. The number of H-pyrrole nitrogens is 1. The summed E-state index contributed by atoms with van der Waals surface area (Å²) in [7, 11) is 0. The van der Waals surface area contributed by atoms with Crippen molar-refractivity contribution in [2.75, 3.05) is 0 Å². The number of hydrogen-bond acceptors (Lipinski definition) is 1. The molecule has 1 heterocycles.